The maximum atomic E-state index is 12.6. The summed E-state index contributed by atoms with van der Waals surface area (Å²) >= 11 is 0. The molecule has 3 heterocycles. The number of Topliss-reactive ketones (excluding diaryl/α,β-unsaturated/α-hetero) is 1. The van der Waals surface area contributed by atoms with Crippen LogP contribution in [-0.4, -0.2) is 58.1 Å². The Labute approximate surface area is 190 Å². The molecule has 9 heteroatoms. The maximum absolute atomic E-state index is 12.6. The van der Waals surface area contributed by atoms with Gasteiger partial charge in [-0.15, -0.1) is 0 Å². The summed E-state index contributed by atoms with van der Waals surface area (Å²) in [7, 11) is 0. The second-order valence-electron chi connectivity index (χ2n) is 7.92. The van der Waals surface area contributed by atoms with E-state index < -0.39 is 0 Å². The number of rotatable bonds is 7. The summed E-state index contributed by atoms with van der Waals surface area (Å²) in [5, 5.41) is 5.59. The van der Waals surface area contributed by atoms with Crippen LogP contribution in [0.15, 0.2) is 65.7 Å². The average Bonchev–Trinajstić information content (AvgIpc) is 2.87. The molecule has 3 aromatic rings. The number of aromatic nitrogens is 2. The van der Waals surface area contributed by atoms with Crippen molar-refractivity contribution in [2.45, 2.75) is 12.8 Å². The van der Waals surface area contributed by atoms with Crippen LogP contribution in [0.1, 0.15) is 23.2 Å². The van der Waals surface area contributed by atoms with E-state index in [1.807, 2.05) is 6.07 Å². The molecule has 1 aliphatic heterocycles. The summed E-state index contributed by atoms with van der Waals surface area (Å²) in [5.41, 5.74) is 1.08. The first-order valence-corrected chi connectivity index (χ1v) is 10.9. The summed E-state index contributed by atoms with van der Waals surface area (Å²) < 4.78 is 1.42. The van der Waals surface area contributed by atoms with Crippen molar-refractivity contribution in [3.8, 4) is 0 Å². The molecule has 0 bridgehead atoms. The zero-order valence-electron chi connectivity index (χ0n) is 18.1. The number of fused-ring (bicyclic) bond motifs is 1. The van der Waals surface area contributed by atoms with Crippen LogP contribution < -0.4 is 16.2 Å². The molecule has 0 atom stereocenters. The monoisotopic (exact) mass is 447 g/mol. The number of nitrogens with zero attached hydrogens (tertiary/aromatic N) is 3. The van der Waals surface area contributed by atoms with Gasteiger partial charge in [-0.1, -0.05) is 36.4 Å². The SMILES string of the molecule is O=C(CNC(=O)C1CCN(C(=O)CNc2cnc3ccccn3c2=O)CC1)c1ccccc1. The summed E-state index contributed by atoms with van der Waals surface area (Å²) in [4.78, 5) is 55.6. The van der Waals surface area contributed by atoms with Gasteiger partial charge in [-0.25, -0.2) is 4.98 Å². The number of piperidine rings is 1. The predicted octanol–water partition coefficient (Wildman–Crippen LogP) is 1.34. The van der Waals surface area contributed by atoms with Gasteiger partial charge in [0.1, 0.15) is 11.3 Å². The van der Waals surface area contributed by atoms with E-state index in [-0.39, 0.29) is 47.9 Å². The van der Waals surface area contributed by atoms with Crippen LogP contribution in [0.2, 0.25) is 0 Å². The molecule has 170 valence electrons. The molecule has 0 unspecified atom stereocenters. The highest BCUT2D eigenvalue weighted by Crippen LogP contribution is 2.17. The molecule has 2 N–H and O–H groups in total. The molecular weight excluding hydrogens is 422 g/mol. The number of benzene rings is 1. The van der Waals surface area contributed by atoms with E-state index in [9.17, 15) is 19.2 Å². The number of hydrogen-bond acceptors (Lipinski definition) is 6. The van der Waals surface area contributed by atoms with Crippen molar-refractivity contribution in [3.05, 3.63) is 76.8 Å². The lowest BCUT2D eigenvalue weighted by Gasteiger charge is -2.31. The number of pyridine rings is 1. The minimum absolute atomic E-state index is 0.0295. The first-order chi connectivity index (χ1) is 16.0. The lowest BCUT2D eigenvalue weighted by molar-refractivity contribution is -0.134. The maximum Gasteiger partial charge on any atom is 0.281 e. The summed E-state index contributed by atoms with van der Waals surface area (Å²) in [6.07, 6.45) is 4.10. The van der Waals surface area contributed by atoms with Crippen LogP contribution in [0, 0.1) is 5.92 Å². The molecule has 1 aromatic carbocycles. The Kier molecular flexibility index (Phi) is 6.77. The van der Waals surface area contributed by atoms with Crippen LogP contribution in [0.25, 0.3) is 5.65 Å². The van der Waals surface area contributed by atoms with Gasteiger partial charge in [-0.2, -0.15) is 0 Å². The Morgan fingerprint density at radius 1 is 0.970 bits per heavy atom. The van der Waals surface area contributed by atoms with Crippen molar-refractivity contribution in [2.75, 3.05) is 31.5 Å². The van der Waals surface area contributed by atoms with Gasteiger partial charge in [0.05, 0.1) is 19.3 Å². The normalized spacial score (nSPS) is 14.1. The van der Waals surface area contributed by atoms with Crippen LogP contribution in [0.3, 0.4) is 0 Å². The molecule has 1 aliphatic rings. The molecule has 9 nitrogen and oxygen atoms in total. The van der Waals surface area contributed by atoms with E-state index >= 15 is 0 Å². The summed E-state index contributed by atoms with van der Waals surface area (Å²) in [5.74, 6) is -0.688. The first-order valence-electron chi connectivity index (χ1n) is 10.9. The van der Waals surface area contributed by atoms with Crippen molar-refractivity contribution in [2.24, 2.45) is 5.92 Å². The number of anilines is 1. The molecule has 1 fully saturated rings. The van der Waals surface area contributed by atoms with E-state index in [1.165, 1.54) is 10.6 Å². The van der Waals surface area contributed by atoms with Gasteiger partial charge in [0.2, 0.25) is 11.8 Å². The third-order valence-electron chi connectivity index (χ3n) is 5.78. The summed E-state index contributed by atoms with van der Waals surface area (Å²) in [6, 6.07) is 14.1. The fourth-order valence-electron chi connectivity index (χ4n) is 3.86. The van der Waals surface area contributed by atoms with E-state index in [0.717, 1.165) is 0 Å². The fraction of sp³-hybridized carbons (Fsp3) is 0.292. The van der Waals surface area contributed by atoms with Gasteiger partial charge in [-0.05, 0) is 25.0 Å². The Bertz CT molecular complexity index is 1220. The van der Waals surface area contributed by atoms with Crippen LogP contribution in [-0.2, 0) is 9.59 Å². The Morgan fingerprint density at radius 3 is 2.45 bits per heavy atom. The minimum atomic E-state index is -0.270. The molecular formula is C24H25N5O4. The van der Waals surface area contributed by atoms with E-state index in [1.54, 1.807) is 53.6 Å². The van der Waals surface area contributed by atoms with Crippen molar-refractivity contribution in [1.29, 1.82) is 0 Å². The fourth-order valence-corrected chi connectivity index (χ4v) is 3.86. The van der Waals surface area contributed by atoms with Crippen LogP contribution in [0.4, 0.5) is 5.69 Å². The molecule has 2 aromatic heterocycles. The Morgan fingerprint density at radius 2 is 1.70 bits per heavy atom. The molecule has 1 saturated heterocycles. The zero-order valence-corrected chi connectivity index (χ0v) is 18.1. The number of nitrogens with one attached hydrogen (secondary N) is 2. The molecule has 4 rings (SSSR count). The Balaban J connectivity index is 1.23. The van der Waals surface area contributed by atoms with Gasteiger partial charge >= 0.3 is 0 Å². The number of likely N-dealkylation sites (tertiary alicyclic amines) is 1. The smallest absolute Gasteiger partial charge is 0.281 e. The van der Waals surface area contributed by atoms with E-state index in [2.05, 4.69) is 15.6 Å². The third kappa shape index (κ3) is 5.25. The van der Waals surface area contributed by atoms with E-state index in [0.29, 0.717) is 37.1 Å². The van der Waals surface area contributed by atoms with Gasteiger partial charge in [0, 0.05) is 30.8 Å². The molecule has 0 spiro atoms. The van der Waals surface area contributed by atoms with E-state index in [4.69, 9.17) is 0 Å². The third-order valence-corrected chi connectivity index (χ3v) is 5.78. The first kappa shape index (κ1) is 22.2. The highest BCUT2D eigenvalue weighted by atomic mass is 16.2. The van der Waals surface area contributed by atoms with Crippen LogP contribution in [0.5, 0.6) is 0 Å². The number of hydrogen-bond donors (Lipinski definition) is 2. The molecule has 2 amide bonds. The quantitative estimate of drug-likeness (QED) is 0.529. The highest BCUT2D eigenvalue weighted by Gasteiger charge is 2.27. The topological polar surface area (TPSA) is 113 Å². The van der Waals surface area contributed by atoms with Gasteiger partial charge in [0.25, 0.3) is 5.56 Å². The number of carbonyl (C=O) groups is 3. The van der Waals surface area contributed by atoms with Crippen LogP contribution >= 0.6 is 0 Å². The zero-order chi connectivity index (χ0) is 23.2. The lowest BCUT2D eigenvalue weighted by atomic mass is 9.95. The minimum Gasteiger partial charge on any atom is -0.370 e. The van der Waals surface area contributed by atoms with Gasteiger partial charge in [-0.3, -0.25) is 23.6 Å². The molecule has 0 aliphatic carbocycles. The second kappa shape index (κ2) is 10.1. The number of ketones is 1. The highest BCUT2D eigenvalue weighted by molar-refractivity contribution is 5.99. The largest absolute Gasteiger partial charge is 0.370 e. The van der Waals surface area contributed by atoms with Crippen molar-refractivity contribution >= 4 is 28.9 Å². The van der Waals surface area contributed by atoms with Gasteiger partial charge < -0.3 is 15.5 Å². The molecule has 33 heavy (non-hydrogen) atoms. The number of amides is 2. The molecule has 0 saturated carbocycles. The number of carbonyl (C=O) groups excluding carboxylic acids is 3. The predicted molar refractivity (Wildman–Crippen MR) is 123 cm³/mol. The van der Waals surface area contributed by atoms with Crippen molar-refractivity contribution < 1.29 is 14.4 Å². The lowest BCUT2D eigenvalue weighted by Crippen LogP contribution is -2.45. The van der Waals surface area contributed by atoms with Gasteiger partial charge in [0.15, 0.2) is 5.78 Å². The standard InChI is InChI=1S/C24H25N5O4/c30-20(17-6-2-1-3-7-17)15-27-23(32)18-9-12-28(13-10-18)22(31)16-25-19-14-26-21-8-4-5-11-29(21)24(19)33/h1-8,11,14,18,25H,9-10,12-13,15-16H2,(H,27,32). The Hall–Kier alpha value is -4.01. The molecule has 0 radical (unpaired) electrons. The summed E-state index contributed by atoms with van der Waals surface area (Å²) in [6.45, 7) is 0.819. The average molecular weight is 447 g/mol. The second-order valence-corrected chi connectivity index (χ2v) is 7.92. The van der Waals surface area contributed by atoms with Crippen molar-refractivity contribution in [3.63, 3.8) is 0 Å². The van der Waals surface area contributed by atoms with Crippen molar-refractivity contribution in [1.82, 2.24) is 19.6 Å².